The zero-order chi connectivity index (χ0) is 17.2. The zero-order valence-electron chi connectivity index (χ0n) is 13.9. The number of carbonyl (C=O) groups is 1. The standard InChI is InChI=1S/C17H18N6O2/c1-25-15-5-3-2-4-14(15)21-8-10-22(11-9-21)17(24)13-6-7-16-18-19-20-23(16)12-13/h2-7,12H,8-11H2,1H3. The van der Waals surface area contributed by atoms with Crippen molar-refractivity contribution in [2.24, 2.45) is 0 Å². The van der Waals surface area contributed by atoms with Gasteiger partial charge in [-0.3, -0.25) is 4.79 Å². The van der Waals surface area contributed by atoms with E-state index in [0.717, 1.165) is 24.5 Å². The molecule has 0 bridgehead atoms. The second-order valence-electron chi connectivity index (χ2n) is 5.85. The summed E-state index contributed by atoms with van der Waals surface area (Å²) in [6.45, 7) is 2.84. The Balaban J connectivity index is 1.46. The number of tetrazole rings is 1. The van der Waals surface area contributed by atoms with Gasteiger partial charge in [-0.2, -0.15) is 4.52 Å². The summed E-state index contributed by atoms with van der Waals surface area (Å²) in [6.07, 6.45) is 1.67. The fourth-order valence-electron chi connectivity index (χ4n) is 3.09. The van der Waals surface area contributed by atoms with Gasteiger partial charge in [0, 0.05) is 32.4 Å². The van der Waals surface area contributed by atoms with Gasteiger partial charge in [-0.05, 0) is 34.7 Å². The summed E-state index contributed by atoms with van der Waals surface area (Å²) in [5, 5.41) is 11.3. The largest absolute Gasteiger partial charge is 0.495 e. The van der Waals surface area contributed by atoms with Crippen molar-refractivity contribution in [3.63, 3.8) is 0 Å². The molecule has 2 aromatic heterocycles. The molecule has 0 atom stereocenters. The Bertz CT molecular complexity index is 901. The van der Waals surface area contributed by atoms with Crippen molar-refractivity contribution in [2.45, 2.75) is 0 Å². The third-order valence-electron chi connectivity index (χ3n) is 4.43. The van der Waals surface area contributed by atoms with E-state index in [2.05, 4.69) is 20.4 Å². The highest BCUT2D eigenvalue weighted by atomic mass is 16.5. The van der Waals surface area contributed by atoms with Gasteiger partial charge in [0.2, 0.25) is 0 Å². The summed E-state index contributed by atoms with van der Waals surface area (Å²) < 4.78 is 6.94. The van der Waals surface area contributed by atoms with E-state index in [1.54, 1.807) is 25.4 Å². The Morgan fingerprint density at radius 1 is 1.08 bits per heavy atom. The molecule has 0 aliphatic carbocycles. The number of fused-ring (bicyclic) bond motifs is 1. The Hall–Kier alpha value is -3.16. The first-order chi connectivity index (χ1) is 12.3. The summed E-state index contributed by atoms with van der Waals surface area (Å²) in [6, 6.07) is 11.5. The highest BCUT2D eigenvalue weighted by Gasteiger charge is 2.24. The lowest BCUT2D eigenvalue weighted by Gasteiger charge is -2.36. The number of methoxy groups -OCH3 is 1. The maximum Gasteiger partial charge on any atom is 0.255 e. The smallest absolute Gasteiger partial charge is 0.255 e. The van der Waals surface area contributed by atoms with Crippen molar-refractivity contribution in [1.82, 2.24) is 24.9 Å². The molecule has 0 unspecified atom stereocenters. The average molecular weight is 338 g/mol. The van der Waals surface area contributed by atoms with Crippen LogP contribution in [0.1, 0.15) is 10.4 Å². The first-order valence-corrected chi connectivity index (χ1v) is 8.11. The number of rotatable bonds is 3. The van der Waals surface area contributed by atoms with Crippen LogP contribution in [0.25, 0.3) is 5.65 Å². The molecule has 1 aromatic carbocycles. The van der Waals surface area contributed by atoms with E-state index in [4.69, 9.17) is 4.74 Å². The van der Waals surface area contributed by atoms with Gasteiger partial charge < -0.3 is 14.5 Å². The fourth-order valence-corrected chi connectivity index (χ4v) is 3.09. The van der Waals surface area contributed by atoms with Crippen LogP contribution in [0.2, 0.25) is 0 Å². The third kappa shape index (κ3) is 2.86. The molecule has 1 aliphatic heterocycles. The number of piperazine rings is 1. The van der Waals surface area contributed by atoms with Crippen molar-refractivity contribution in [3.05, 3.63) is 48.2 Å². The molecule has 25 heavy (non-hydrogen) atoms. The van der Waals surface area contributed by atoms with E-state index in [9.17, 15) is 4.79 Å². The molecule has 0 spiro atoms. The maximum absolute atomic E-state index is 12.7. The number of nitrogens with zero attached hydrogens (tertiary/aromatic N) is 6. The number of hydrogen-bond acceptors (Lipinski definition) is 6. The van der Waals surface area contributed by atoms with Crippen molar-refractivity contribution in [1.29, 1.82) is 0 Å². The molecule has 1 fully saturated rings. The first-order valence-electron chi connectivity index (χ1n) is 8.11. The van der Waals surface area contributed by atoms with Gasteiger partial charge in [0.25, 0.3) is 5.91 Å². The van der Waals surface area contributed by atoms with E-state index < -0.39 is 0 Å². The number of aromatic nitrogens is 4. The van der Waals surface area contributed by atoms with E-state index in [-0.39, 0.29) is 5.91 Å². The molecule has 128 valence electrons. The second kappa shape index (κ2) is 6.39. The molecule has 8 nitrogen and oxygen atoms in total. The summed E-state index contributed by atoms with van der Waals surface area (Å²) >= 11 is 0. The maximum atomic E-state index is 12.7. The molecule has 3 aromatic rings. The molecule has 0 radical (unpaired) electrons. The van der Waals surface area contributed by atoms with Crippen LogP contribution in [0, 0.1) is 0 Å². The van der Waals surface area contributed by atoms with Crippen LogP contribution in [0.15, 0.2) is 42.6 Å². The number of ether oxygens (including phenoxy) is 1. The van der Waals surface area contributed by atoms with Crippen LogP contribution in [-0.4, -0.2) is 64.1 Å². The van der Waals surface area contributed by atoms with Crippen molar-refractivity contribution >= 4 is 17.2 Å². The summed E-state index contributed by atoms with van der Waals surface area (Å²) in [7, 11) is 1.67. The van der Waals surface area contributed by atoms with Crippen LogP contribution >= 0.6 is 0 Å². The normalized spacial score (nSPS) is 14.8. The van der Waals surface area contributed by atoms with Gasteiger partial charge >= 0.3 is 0 Å². The van der Waals surface area contributed by atoms with E-state index in [1.807, 2.05) is 29.2 Å². The van der Waals surface area contributed by atoms with Crippen LogP contribution in [0.3, 0.4) is 0 Å². The van der Waals surface area contributed by atoms with E-state index in [1.165, 1.54) is 4.52 Å². The number of anilines is 1. The Kier molecular flexibility index (Phi) is 3.93. The molecule has 1 amide bonds. The van der Waals surface area contributed by atoms with Gasteiger partial charge in [0.05, 0.1) is 18.4 Å². The number of carbonyl (C=O) groups excluding carboxylic acids is 1. The van der Waals surface area contributed by atoms with Gasteiger partial charge in [-0.1, -0.05) is 12.1 Å². The third-order valence-corrected chi connectivity index (χ3v) is 4.43. The number of hydrogen-bond donors (Lipinski definition) is 0. The van der Waals surface area contributed by atoms with Gasteiger partial charge in [-0.25, -0.2) is 0 Å². The van der Waals surface area contributed by atoms with E-state index in [0.29, 0.717) is 24.3 Å². The van der Waals surface area contributed by atoms with Crippen molar-refractivity contribution in [3.8, 4) is 5.75 Å². The second-order valence-corrected chi connectivity index (χ2v) is 5.85. The van der Waals surface area contributed by atoms with Crippen LogP contribution < -0.4 is 9.64 Å². The SMILES string of the molecule is COc1ccccc1N1CCN(C(=O)c2ccc3nnnn3c2)CC1. The predicted octanol–water partition coefficient (Wildman–Crippen LogP) is 1.10. The predicted molar refractivity (Wildman–Crippen MR) is 91.9 cm³/mol. The Labute approximate surface area is 144 Å². The summed E-state index contributed by atoms with van der Waals surface area (Å²) in [4.78, 5) is 16.8. The van der Waals surface area contributed by atoms with Gasteiger partial charge in [0.1, 0.15) is 5.75 Å². The lowest BCUT2D eigenvalue weighted by Crippen LogP contribution is -2.48. The van der Waals surface area contributed by atoms with Crippen LogP contribution in [0.4, 0.5) is 5.69 Å². The number of benzene rings is 1. The van der Waals surface area contributed by atoms with E-state index >= 15 is 0 Å². The zero-order valence-corrected chi connectivity index (χ0v) is 13.9. The molecular weight excluding hydrogens is 320 g/mol. The monoisotopic (exact) mass is 338 g/mol. The minimum Gasteiger partial charge on any atom is -0.495 e. The van der Waals surface area contributed by atoms with Crippen LogP contribution in [0.5, 0.6) is 5.75 Å². The molecule has 1 aliphatic rings. The highest BCUT2D eigenvalue weighted by molar-refractivity contribution is 5.94. The van der Waals surface area contributed by atoms with Gasteiger partial charge in [-0.15, -0.1) is 5.10 Å². The molecule has 0 N–H and O–H groups in total. The molecule has 8 heteroatoms. The minimum absolute atomic E-state index is 0.00271. The number of pyridine rings is 1. The molecule has 4 rings (SSSR count). The molecule has 0 saturated carbocycles. The molecule has 3 heterocycles. The minimum atomic E-state index is -0.00271. The average Bonchev–Trinajstić information content (AvgIpc) is 3.15. The molecule has 1 saturated heterocycles. The molecular formula is C17H18N6O2. The summed E-state index contributed by atoms with van der Waals surface area (Å²) in [5.74, 6) is 0.850. The lowest BCUT2D eigenvalue weighted by molar-refractivity contribution is 0.0746. The lowest BCUT2D eigenvalue weighted by atomic mass is 10.2. The number of para-hydroxylation sites is 2. The van der Waals surface area contributed by atoms with Gasteiger partial charge in [0.15, 0.2) is 5.65 Å². The van der Waals surface area contributed by atoms with Crippen molar-refractivity contribution < 1.29 is 9.53 Å². The van der Waals surface area contributed by atoms with Crippen LogP contribution in [-0.2, 0) is 0 Å². The Morgan fingerprint density at radius 3 is 2.68 bits per heavy atom. The summed E-state index contributed by atoms with van der Waals surface area (Å²) in [5.41, 5.74) is 2.27. The topological polar surface area (TPSA) is 75.9 Å². The van der Waals surface area contributed by atoms with Crippen molar-refractivity contribution in [2.75, 3.05) is 38.2 Å². The quantitative estimate of drug-likeness (QED) is 0.712. The first kappa shape index (κ1) is 15.4. The fraction of sp³-hybridized carbons (Fsp3) is 0.294. The highest BCUT2D eigenvalue weighted by Crippen LogP contribution is 2.28. The Morgan fingerprint density at radius 2 is 1.88 bits per heavy atom. The number of amides is 1.